The van der Waals surface area contributed by atoms with Gasteiger partial charge in [-0.15, -0.1) is 0 Å². The molecular weight excluding hydrogens is 368 g/mol. The molecule has 2 amide bonds. The van der Waals surface area contributed by atoms with Gasteiger partial charge < -0.3 is 19.9 Å². The molecule has 1 N–H and O–H groups in total. The Labute approximate surface area is 170 Å². The third-order valence-electron chi connectivity index (χ3n) is 5.36. The van der Waals surface area contributed by atoms with Crippen LogP contribution in [0.2, 0.25) is 0 Å². The van der Waals surface area contributed by atoms with E-state index >= 15 is 0 Å². The Bertz CT molecular complexity index is 874. The first-order valence-corrected chi connectivity index (χ1v) is 9.86. The summed E-state index contributed by atoms with van der Waals surface area (Å²) in [6.07, 6.45) is 0.152. The van der Waals surface area contributed by atoms with Crippen LogP contribution < -0.4 is 20.0 Å². The lowest BCUT2D eigenvalue weighted by atomic mass is 10.2. The first-order chi connectivity index (χ1) is 14.0. The van der Waals surface area contributed by atoms with E-state index in [0.29, 0.717) is 18.9 Å². The monoisotopic (exact) mass is 394 g/mol. The summed E-state index contributed by atoms with van der Waals surface area (Å²) in [4.78, 5) is 31.0. The van der Waals surface area contributed by atoms with E-state index in [0.717, 1.165) is 30.2 Å². The largest absolute Gasteiger partial charge is 0.378 e. The Morgan fingerprint density at radius 2 is 1.55 bits per heavy atom. The van der Waals surface area contributed by atoms with Crippen molar-refractivity contribution in [3.63, 3.8) is 0 Å². The number of ether oxygens (including phenoxy) is 1. The van der Waals surface area contributed by atoms with Crippen molar-refractivity contribution < 1.29 is 14.3 Å². The summed E-state index contributed by atoms with van der Waals surface area (Å²) >= 11 is 0. The molecule has 0 radical (unpaired) electrons. The summed E-state index contributed by atoms with van der Waals surface area (Å²) in [7, 11) is 3.95. The Kier molecular flexibility index (Phi) is 5.40. The van der Waals surface area contributed by atoms with Crippen molar-refractivity contribution in [1.82, 2.24) is 0 Å². The van der Waals surface area contributed by atoms with Gasteiger partial charge in [0, 0.05) is 44.2 Å². The quantitative estimate of drug-likeness (QED) is 0.786. The molecule has 152 valence electrons. The molecule has 29 heavy (non-hydrogen) atoms. The molecule has 7 heteroatoms. The van der Waals surface area contributed by atoms with Crippen LogP contribution in [-0.4, -0.2) is 58.3 Å². The number of anilines is 4. The molecule has 2 aromatic rings. The number of hydrogen-bond acceptors (Lipinski definition) is 6. The topological polar surface area (TPSA) is 65.1 Å². The lowest BCUT2D eigenvalue weighted by Crippen LogP contribution is -2.36. The fourth-order valence-electron chi connectivity index (χ4n) is 3.71. The third kappa shape index (κ3) is 4.05. The molecule has 0 spiro atoms. The van der Waals surface area contributed by atoms with E-state index in [-0.39, 0.29) is 18.2 Å². The summed E-state index contributed by atoms with van der Waals surface area (Å²) < 4.78 is 5.38. The number of carbonyl (C=O) groups excluding carboxylic acids is 2. The number of hydrogen-bond donors (Lipinski definition) is 1. The molecule has 2 heterocycles. The third-order valence-corrected chi connectivity index (χ3v) is 5.36. The fourth-order valence-corrected chi connectivity index (χ4v) is 3.71. The van der Waals surface area contributed by atoms with E-state index in [1.807, 2.05) is 67.5 Å². The second-order valence-electron chi connectivity index (χ2n) is 7.53. The maximum atomic E-state index is 12.9. The van der Waals surface area contributed by atoms with Crippen LogP contribution in [0.25, 0.3) is 0 Å². The Hall–Kier alpha value is -3.06. The van der Waals surface area contributed by atoms with Gasteiger partial charge in [0.2, 0.25) is 5.91 Å². The molecule has 2 aromatic carbocycles. The van der Waals surface area contributed by atoms with Gasteiger partial charge in [-0.3, -0.25) is 9.59 Å². The molecule has 1 unspecified atom stereocenters. The highest BCUT2D eigenvalue weighted by Crippen LogP contribution is 2.28. The van der Waals surface area contributed by atoms with Crippen molar-refractivity contribution in [2.24, 2.45) is 0 Å². The van der Waals surface area contributed by atoms with Gasteiger partial charge >= 0.3 is 0 Å². The molecule has 4 rings (SSSR count). The molecule has 1 atom stereocenters. The first kappa shape index (κ1) is 19.3. The second-order valence-corrected chi connectivity index (χ2v) is 7.53. The number of imide groups is 1. The highest BCUT2D eigenvalue weighted by Gasteiger charge is 2.39. The average Bonchev–Trinajstić information content (AvgIpc) is 3.02. The van der Waals surface area contributed by atoms with Crippen molar-refractivity contribution in [3.8, 4) is 0 Å². The van der Waals surface area contributed by atoms with Crippen molar-refractivity contribution in [2.75, 3.05) is 60.4 Å². The first-order valence-electron chi connectivity index (χ1n) is 9.86. The van der Waals surface area contributed by atoms with Crippen molar-refractivity contribution >= 4 is 34.6 Å². The zero-order valence-electron chi connectivity index (χ0n) is 16.8. The minimum Gasteiger partial charge on any atom is -0.378 e. The number of benzene rings is 2. The minimum atomic E-state index is -0.549. The standard InChI is InChI=1S/C22H26N4O3/c1-24(2)17-5-3-16(4-6-17)23-20-15-21(27)26(22(20)28)19-9-7-18(8-10-19)25-11-13-29-14-12-25/h3-10,20,23H,11-15H2,1-2H3. The Morgan fingerprint density at radius 3 is 2.17 bits per heavy atom. The smallest absolute Gasteiger partial charge is 0.256 e. The van der Waals surface area contributed by atoms with E-state index in [2.05, 4.69) is 10.2 Å². The molecule has 0 bridgehead atoms. The Balaban J connectivity index is 1.45. The number of amides is 2. The van der Waals surface area contributed by atoms with Crippen LogP contribution in [0.3, 0.4) is 0 Å². The van der Waals surface area contributed by atoms with E-state index in [1.54, 1.807) is 0 Å². The molecule has 2 saturated heterocycles. The van der Waals surface area contributed by atoms with Gasteiger partial charge in [-0.2, -0.15) is 0 Å². The number of nitrogens with one attached hydrogen (secondary N) is 1. The average molecular weight is 394 g/mol. The number of nitrogens with zero attached hydrogens (tertiary/aromatic N) is 3. The molecule has 0 aliphatic carbocycles. The number of morpholine rings is 1. The maximum Gasteiger partial charge on any atom is 0.256 e. The van der Waals surface area contributed by atoms with Crippen molar-refractivity contribution in [3.05, 3.63) is 48.5 Å². The van der Waals surface area contributed by atoms with Crippen LogP contribution in [0.4, 0.5) is 22.7 Å². The van der Waals surface area contributed by atoms with Crippen molar-refractivity contribution in [2.45, 2.75) is 12.5 Å². The maximum absolute atomic E-state index is 12.9. The van der Waals surface area contributed by atoms with Gasteiger partial charge in [0.1, 0.15) is 6.04 Å². The molecule has 2 fully saturated rings. The van der Waals surface area contributed by atoms with Gasteiger partial charge in [-0.1, -0.05) is 0 Å². The highest BCUT2D eigenvalue weighted by molar-refractivity contribution is 6.23. The van der Waals surface area contributed by atoms with Gasteiger partial charge in [0.25, 0.3) is 5.91 Å². The van der Waals surface area contributed by atoms with Gasteiger partial charge in [0.05, 0.1) is 25.3 Å². The zero-order valence-corrected chi connectivity index (χ0v) is 16.8. The van der Waals surface area contributed by atoms with E-state index in [4.69, 9.17) is 4.74 Å². The van der Waals surface area contributed by atoms with Crippen molar-refractivity contribution in [1.29, 1.82) is 0 Å². The summed E-state index contributed by atoms with van der Waals surface area (Å²) in [5.74, 6) is -0.401. The molecule has 0 aromatic heterocycles. The molecular formula is C22H26N4O3. The van der Waals surface area contributed by atoms with Crippen LogP contribution in [-0.2, 0) is 14.3 Å². The lowest BCUT2D eigenvalue weighted by molar-refractivity contribution is -0.121. The molecule has 2 aliphatic heterocycles. The minimum absolute atomic E-state index is 0.152. The lowest BCUT2D eigenvalue weighted by Gasteiger charge is -2.29. The predicted molar refractivity (Wildman–Crippen MR) is 115 cm³/mol. The van der Waals surface area contributed by atoms with Crippen LogP contribution >= 0.6 is 0 Å². The van der Waals surface area contributed by atoms with E-state index < -0.39 is 6.04 Å². The van der Waals surface area contributed by atoms with Crippen LogP contribution in [0, 0.1) is 0 Å². The van der Waals surface area contributed by atoms with E-state index in [9.17, 15) is 9.59 Å². The predicted octanol–water partition coefficient (Wildman–Crippen LogP) is 2.33. The Morgan fingerprint density at radius 1 is 0.931 bits per heavy atom. The van der Waals surface area contributed by atoms with Gasteiger partial charge in [-0.25, -0.2) is 4.90 Å². The fraction of sp³-hybridized carbons (Fsp3) is 0.364. The molecule has 2 aliphatic rings. The van der Waals surface area contributed by atoms with Gasteiger partial charge in [0.15, 0.2) is 0 Å². The number of carbonyl (C=O) groups is 2. The van der Waals surface area contributed by atoms with E-state index in [1.165, 1.54) is 4.90 Å². The molecule has 7 nitrogen and oxygen atoms in total. The highest BCUT2D eigenvalue weighted by atomic mass is 16.5. The summed E-state index contributed by atoms with van der Waals surface area (Å²) in [6, 6.07) is 14.9. The second kappa shape index (κ2) is 8.13. The zero-order chi connectivity index (χ0) is 20.4. The SMILES string of the molecule is CN(C)c1ccc(NC2CC(=O)N(c3ccc(N4CCOCC4)cc3)C2=O)cc1. The van der Waals surface area contributed by atoms with Crippen LogP contribution in [0.15, 0.2) is 48.5 Å². The molecule has 0 saturated carbocycles. The summed E-state index contributed by atoms with van der Waals surface area (Å²) in [5.41, 5.74) is 3.59. The van der Waals surface area contributed by atoms with Crippen LogP contribution in [0.1, 0.15) is 6.42 Å². The summed E-state index contributed by atoms with van der Waals surface area (Å²) in [5, 5.41) is 3.20. The van der Waals surface area contributed by atoms with Crippen LogP contribution in [0.5, 0.6) is 0 Å². The normalized spacial score (nSPS) is 19.6. The van der Waals surface area contributed by atoms with Gasteiger partial charge in [-0.05, 0) is 48.5 Å². The number of rotatable bonds is 5. The summed E-state index contributed by atoms with van der Waals surface area (Å²) in [6.45, 7) is 3.13.